The molecular formula is C22H29N3O2. The highest BCUT2D eigenvalue weighted by atomic mass is 16.2. The molecule has 27 heavy (non-hydrogen) atoms. The van der Waals surface area contributed by atoms with Gasteiger partial charge in [0, 0.05) is 43.2 Å². The second-order valence-corrected chi connectivity index (χ2v) is 8.43. The summed E-state index contributed by atoms with van der Waals surface area (Å²) < 4.78 is 0. The topological polar surface area (TPSA) is 56.4 Å². The third kappa shape index (κ3) is 3.87. The number of benzene rings is 1. The average molecular weight is 367 g/mol. The summed E-state index contributed by atoms with van der Waals surface area (Å²) in [7, 11) is 0. The first-order valence-electron chi connectivity index (χ1n) is 10.1. The van der Waals surface area contributed by atoms with Crippen LogP contribution < -0.4 is 0 Å². The molecule has 144 valence electrons. The number of hydrogen-bond donors (Lipinski definition) is 1. The second kappa shape index (κ2) is 7.37. The maximum atomic E-state index is 13.1. The van der Waals surface area contributed by atoms with Crippen LogP contribution in [0.2, 0.25) is 0 Å². The molecule has 1 N–H and O–H groups in total. The number of carbonyl (C=O) groups is 2. The van der Waals surface area contributed by atoms with E-state index < -0.39 is 0 Å². The zero-order valence-electron chi connectivity index (χ0n) is 16.3. The van der Waals surface area contributed by atoms with Gasteiger partial charge in [0.15, 0.2) is 0 Å². The lowest BCUT2D eigenvalue weighted by Crippen LogP contribution is -2.48. The van der Waals surface area contributed by atoms with E-state index >= 15 is 0 Å². The van der Waals surface area contributed by atoms with Crippen molar-refractivity contribution in [1.29, 1.82) is 0 Å². The Morgan fingerprint density at radius 3 is 2.78 bits per heavy atom. The van der Waals surface area contributed by atoms with Crippen LogP contribution in [0.3, 0.4) is 0 Å². The van der Waals surface area contributed by atoms with Gasteiger partial charge in [-0.1, -0.05) is 32.0 Å². The summed E-state index contributed by atoms with van der Waals surface area (Å²) >= 11 is 0. The van der Waals surface area contributed by atoms with Crippen LogP contribution in [0.25, 0.3) is 10.9 Å². The van der Waals surface area contributed by atoms with E-state index in [9.17, 15) is 9.59 Å². The fraction of sp³-hybridized carbons (Fsp3) is 0.545. The van der Waals surface area contributed by atoms with Crippen molar-refractivity contribution in [2.24, 2.45) is 11.8 Å². The van der Waals surface area contributed by atoms with Crippen LogP contribution in [0, 0.1) is 11.8 Å². The lowest BCUT2D eigenvalue weighted by atomic mass is 10.0. The minimum absolute atomic E-state index is 0.117. The number of aromatic amines is 1. The zero-order valence-corrected chi connectivity index (χ0v) is 16.3. The van der Waals surface area contributed by atoms with Crippen molar-refractivity contribution >= 4 is 22.7 Å². The summed E-state index contributed by atoms with van der Waals surface area (Å²) in [6.07, 6.45) is 5.22. The Hall–Kier alpha value is -2.30. The third-order valence-corrected chi connectivity index (χ3v) is 6.01. The summed E-state index contributed by atoms with van der Waals surface area (Å²) in [5, 5.41) is 1.10. The van der Waals surface area contributed by atoms with Gasteiger partial charge in [0.05, 0.1) is 12.5 Å². The van der Waals surface area contributed by atoms with E-state index in [1.165, 1.54) is 12.8 Å². The van der Waals surface area contributed by atoms with E-state index in [1.54, 1.807) is 0 Å². The Labute approximate surface area is 160 Å². The van der Waals surface area contributed by atoms with Crippen molar-refractivity contribution in [3.63, 3.8) is 0 Å². The fourth-order valence-electron chi connectivity index (χ4n) is 4.14. The molecule has 5 nitrogen and oxygen atoms in total. The molecule has 1 aromatic heterocycles. The minimum Gasteiger partial charge on any atom is -0.361 e. The molecule has 4 rings (SSSR count). The van der Waals surface area contributed by atoms with Crippen molar-refractivity contribution in [1.82, 2.24) is 14.8 Å². The summed E-state index contributed by atoms with van der Waals surface area (Å²) in [4.78, 5) is 33.0. The predicted octanol–water partition coefficient (Wildman–Crippen LogP) is 3.21. The Morgan fingerprint density at radius 1 is 1.26 bits per heavy atom. The highest BCUT2D eigenvalue weighted by Crippen LogP contribution is 2.32. The Bertz CT molecular complexity index is 837. The molecule has 1 aliphatic heterocycles. The molecule has 0 radical (unpaired) electrons. The van der Waals surface area contributed by atoms with Crippen molar-refractivity contribution < 1.29 is 9.59 Å². The van der Waals surface area contributed by atoms with Gasteiger partial charge in [0.25, 0.3) is 0 Å². The number of nitrogens with one attached hydrogen (secondary N) is 1. The number of carbonyl (C=O) groups excluding carboxylic acids is 2. The second-order valence-electron chi connectivity index (χ2n) is 8.43. The number of fused-ring (bicyclic) bond motifs is 1. The summed E-state index contributed by atoms with van der Waals surface area (Å²) in [6.45, 7) is 6.37. The minimum atomic E-state index is 0.117. The summed E-state index contributed by atoms with van der Waals surface area (Å²) in [6, 6.07) is 8.19. The van der Waals surface area contributed by atoms with Gasteiger partial charge < -0.3 is 14.8 Å². The van der Waals surface area contributed by atoms with Crippen molar-refractivity contribution in [3.8, 4) is 0 Å². The van der Waals surface area contributed by atoms with Crippen LogP contribution in [0.4, 0.5) is 0 Å². The molecule has 5 heteroatoms. The van der Waals surface area contributed by atoms with Gasteiger partial charge in [-0.3, -0.25) is 9.59 Å². The van der Waals surface area contributed by atoms with E-state index in [4.69, 9.17) is 0 Å². The lowest BCUT2D eigenvalue weighted by Gasteiger charge is -2.34. The lowest BCUT2D eigenvalue weighted by molar-refractivity contribution is -0.134. The van der Waals surface area contributed by atoms with Gasteiger partial charge in [0.1, 0.15) is 0 Å². The molecule has 1 saturated heterocycles. The van der Waals surface area contributed by atoms with Crippen molar-refractivity contribution in [2.75, 3.05) is 19.6 Å². The van der Waals surface area contributed by atoms with Gasteiger partial charge in [-0.25, -0.2) is 0 Å². The molecule has 2 amide bonds. The molecule has 0 unspecified atom stereocenters. The van der Waals surface area contributed by atoms with E-state index in [0.717, 1.165) is 23.0 Å². The van der Waals surface area contributed by atoms with E-state index in [2.05, 4.69) is 29.8 Å². The van der Waals surface area contributed by atoms with Crippen LogP contribution in [-0.2, 0) is 16.0 Å². The smallest absolute Gasteiger partial charge is 0.227 e. The molecule has 1 aliphatic carbocycles. The van der Waals surface area contributed by atoms with Gasteiger partial charge in [-0.05, 0) is 36.3 Å². The van der Waals surface area contributed by atoms with E-state index in [-0.39, 0.29) is 17.9 Å². The zero-order chi connectivity index (χ0) is 19.0. The maximum absolute atomic E-state index is 13.1. The maximum Gasteiger partial charge on any atom is 0.227 e. The number of aromatic nitrogens is 1. The van der Waals surface area contributed by atoms with Crippen molar-refractivity contribution in [3.05, 3.63) is 36.0 Å². The quantitative estimate of drug-likeness (QED) is 0.882. The number of H-pyrrole nitrogens is 1. The van der Waals surface area contributed by atoms with Gasteiger partial charge in [-0.2, -0.15) is 0 Å². The van der Waals surface area contributed by atoms with Gasteiger partial charge >= 0.3 is 0 Å². The molecule has 2 fully saturated rings. The van der Waals surface area contributed by atoms with Crippen LogP contribution >= 0.6 is 0 Å². The standard InChI is InChI=1S/C22H29N3O2/c1-15(2)20-14-24(10-9-21(26)25(20)13-16-7-8-16)22(27)11-17-12-23-19-6-4-3-5-18(17)19/h3-6,12,15-16,20,23H,7-11,13-14H2,1-2H3/t20-/m0/s1. The van der Waals surface area contributed by atoms with Crippen LogP contribution in [0.1, 0.15) is 38.7 Å². The molecule has 1 saturated carbocycles. The van der Waals surface area contributed by atoms with Crippen LogP contribution in [0.5, 0.6) is 0 Å². The Morgan fingerprint density at radius 2 is 2.04 bits per heavy atom. The third-order valence-electron chi connectivity index (χ3n) is 6.01. The predicted molar refractivity (Wildman–Crippen MR) is 106 cm³/mol. The molecular weight excluding hydrogens is 338 g/mol. The Balaban J connectivity index is 1.50. The first kappa shape index (κ1) is 18.1. The molecule has 2 heterocycles. The largest absolute Gasteiger partial charge is 0.361 e. The van der Waals surface area contributed by atoms with Crippen LogP contribution in [-0.4, -0.2) is 52.3 Å². The number of nitrogens with zero attached hydrogens (tertiary/aromatic N) is 2. The summed E-state index contributed by atoms with van der Waals surface area (Å²) in [5.74, 6) is 1.34. The first-order chi connectivity index (χ1) is 13.0. The first-order valence-corrected chi connectivity index (χ1v) is 10.1. The summed E-state index contributed by atoms with van der Waals surface area (Å²) in [5.41, 5.74) is 2.09. The molecule has 1 aromatic carbocycles. The normalized spacial score (nSPS) is 21.1. The van der Waals surface area contributed by atoms with Crippen LogP contribution in [0.15, 0.2) is 30.5 Å². The van der Waals surface area contributed by atoms with Crippen molar-refractivity contribution in [2.45, 2.75) is 45.6 Å². The van der Waals surface area contributed by atoms with Gasteiger partial charge in [-0.15, -0.1) is 0 Å². The van der Waals surface area contributed by atoms with Gasteiger partial charge in [0.2, 0.25) is 11.8 Å². The highest BCUT2D eigenvalue weighted by molar-refractivity contribution is 5.89. The molecule has 0 bridgehead atoms. The fourth-order valence-corrected chi connectivity index (χ4v) is 4.14. The average Bonchev–Trinajstić information content (AvgIpc) is 3.41. The SMILES string of the molecule is CC(C)[C@@H]1CN(C(=O)Cc2c[nH]c3ccccc23)CCC(=O)N1CC1CC1. The Kier molecular flexibility index (Phi) is 4.94. The number of para-hydroxylation sites is 1. The molecule has 1 atom stereocenters. The monoisotopic (exact) mass is 367 g/mol. The number of rotatable bonds is 5. The van der Waals surface area contributed by atoms with E-state index in [0.29, 0.717) is 37.8 Å². The number of amides is 2. The van der Waals surface area contributed by atoms with E-state index in [1.807, 2.05) is 29.3 Å². The number of hydrogen-bond acceptors (Lipinski definition) is 2. The highest BCUT2D eigenvalue weighted by Gasteiger charge is 2.36. The molecule has 0 spiro atoms. The molecule has 2 aromatic rings. The molecule has 2 aliphatic rings.